The minimum Gasteiger partial charge on any atom is -0.490 e. The number of benzene rings is 2. The SMILES string of the molecule is C=C1OC(C)C(C)/C=C\C(=C)C(C)C(C)C/C=C/c2cc(CCCNc3ccccc3)cc(C)c21.CC.CC.CC. The minimum atomic E-state index is 0.0298. The molecule has 0 saturated carbocycles. The molecule has 4 atom stereocenters. The third-order valence-corrected chi connectivity index (χ3v) is 7.38. The van der Waals surface area contributed by atoms with Crippen molar-refractivity contribution in [2.75, 3.05) is 11.9 Å². The van der Waals surface area contributed by atoms with Crippen LogP contribution in [0.1, 0.15) is 104 Å². The molecular formula is C39H61NO. The van der Waals surface area contributed by atoms with Crippen LogP contribution in [0.3, 0.4) is 0 Å². The molecule has 1 N–H and O–H groups in total. The lowest BCUT2D eigenvalue weighted by molar-refractivity contribution is 0.150. The van der Waals surface area contributed by atoms with E-state index < -0.39 is 0 Å². The number of hydrogen-bond acceptors (Lipinski definition) is 2. The molecule has 2 aromatic rings. The third-order valence-electron chi connectivity index (χ3n) is 7.38. The van der Waals surface area contributed by atoms with Gasteiger partial charge in [0.05, 0.1) is 0 Å². The normalized spacial score (nSPS) is 21.9. The Kier molecular flexibility index (Phi) is 20.1. The summed E-state index contributed by atoms with van der Waals surface area (Å²) >= 11 is 0. The van der Waals surface area contributed by atoms with Gasteiger partial charge < -0.3 is 10.1 Å². The highest BCUT2D eigenvalue weighted by Crippen LogP contribution is 2.31. The van der Waals surface area contributed by atoms with Crippen LogP contribution in [0.15, 0.2) is 79.4 Å². The molecule has 2 nitrogen and oxygen atoms in total. The van der Waals surface area contributed by atoms with Crippen molar-refractivity contribution in [1.29, 1.82) is 0 Å². The maximum absolute atomic E-state index is 6.37. The van der Waals surface area contributed by atoms with E-state index in [9.17, 15) is 0 Å². The number of aryl methyl sites for hydroxylation is 2. The van der Waals surface area contributed by atoms with E-state index in [4.69, 9.17) is 4.74 Å². The van der Waals surface area contributed by atoms with Gasteiger partial charge in [0.25, 0.3) is 0 Å². The second-order valence-electron chi connectivity index (χ2n) is 10.2. The van der Waals surface area contributed by atoms with E-state index >= 15 is 0 Å². The Labute approximate surface area is 254 Å². The first-order valence-electron chi connectivity index (χ1n) is 16.1. The quantitative estimate of drug-likeness (QED) is 0.368. The van der Waals surface area contributed by atoms with Gasteiger partial charge in [-0.3, -0.25) is 0 Å². The Morgan fingerprint density at radius 1 is 0.878 bits per heavy atom. The van der Waals surface area contributed by atoms with Gasteiger partial charge in [-0.05, 0) is 73.8 Å². The van der Waals surface area contributed by atoms with E-state index in [2.05, 4.69) is 114 Å². The van der Waals surface area contributed by atoms with Crippen LogP contribution in [-0.4, -0.2) is 12.6 Å². The second kappa shape index (κ2) is 21.7. The van der Waals surface area contributed by atoms with Gasteiger partial charge in [-0.25, -0.2) is 0 Å². The maximum atomic E-state index is 6.37. The Hall–Kier alpha value is -3.00. The van der Waals surface area contributed by atoms with Crippen LogP contribution in [0, 0.1) is 24.7 Å². The summed E-state index contributed by atoms with van der Waals surface area (Å²) in [5.41, 5.74) is 7.26. The number of rotatable bonds is 5. The zero-order valence-corrected chi connectivity index (χ0v) is 28.3. The van der Waals surface area contributed by atoms with Crippen molar-refractivity contribution in [3.05, 3.63) is 102 Å². The van der Waals surface area contributed by atoms with Crippen LogP contribution >= 0.6 is 0 Å². The average Bonchev–Trinajstić information content (AvgIpc) is 3.00. The molecule has 0 saturated heterocycles. The van der Waals surface area contributed by atoms with E-state index in [0.717, 1.165) is 37.1 Å². The molecule has 228 valence electrons. The third kappa shape index (κ3) is 13.0. The second-order valence-corrected chi connectivity index (χ2v) is 10.2. The fraction of sp³-hybridized carbons (Fsp3) is 0.487. The predicted molar refractivity (Wildman–Crippen MR) is 187 cm³/mol. The van der Waals surface area contributed by atoms with Crippen molar-refractivity contribution in [1.82, 2.24) is 0 Å². The lowest BCUT2D eigenvalue weighted by Crippen LogP contribution is -2.17. The Morgan fingerprint density at radius 3 is 2.15 bits per heavy atom. The molecule has 1 heterocycles. The highest BCUT2D eigenvalue weighted by atomic mass is 16.5. The standard InChI is InChI=1S/C33H43NO.3C2H6/c1-23-13-11-15-31-22-30(14-12-20-34-32-16-9-8-10-17-32)21-26(4)33(31)29(7)35-28(6)25(3)19-18-24(2)27(23)5;3*1-2/h8-11,15-19,21-23,25,27-28,34H,2,7,12-14,20H2,1,3-6H3;3*1-2H3/b15-11+,19-18-;;;. The van der Waals surface area contributed by atoms with E-state index in [0.29, 0.717) is 11.8 Å². The first-order chi connectivity index (χ1) is 19.8. The maximum Gasteiger partial charge on any atom is 0.120 e. The van der Waals surface area contributed by atoms with Gasteiger partial charge in [0.2, 0.25) is 0 Å². The molecule has 0 amide bonds. The van der Waals surface area contributed by atoms with Gasteiger partial charge in [0.15, 0.2) is 0 Å². The average molecular weight is 560 g/mol. The fourth-order valence-corrected chi connectivity index (χ4v) is 4.58. The highest BCUT2D eigenvalue weighted by Gasteiger charge is 2.18. The zero-order valence-electron chi connectivity index (χ0n) is 28.3. The van der Waals surface area contributed by atoms with Crippen LogP contribution < -0.4 is 5.32 Å². The monoisotopic (exact) mass is 559 g/mol. The molecule has 0 fully saturated rings. The molecule has 1 aliphatic rings. The van der Waals surface area contributed by atoms with E-state index in [-0.39, 0.29) is 12.0 Å². The Balaban J connectivity index is 0.00000250. The van der Waals surface area contributed by atoms with Crippen molar-refractivity contribution in [3.63, 3.8) is 0 Å². The van der Waals surface area contributed by atoms with Crippen LogP contribution in [-0.2, 0) is 11.2 Å². The lowest BCUT2D eigenvalue weighted by atomic mass is 9.86. The van der Waals surface area contributed by atoms with Crippen molar-refractivity contribution in [2.45, 2.75) is 102 Å². The van der Waals surface area contributed by atoms with Gasteiger partial charge in [-0.1, -0.05) is 136 Å². The lowest BCUT2D eigenvalue weighted by Gasteiger charge is -2.24. The van der Waals surface area contributed by atoms with Crippen LogP contribution in [0.5, 0.6) is 0 Å². The van der Waals surface area contributed by atoms with Crippen LogP contribution in [0.4, 0.5) is 5.69 Å². The first kappa shape index (κ1) is 38.0. The summed E-state index contributed by atoms with van der Waals surface area (Å²) in [6.07, 6.45) is 12.1. The van der Waals surface area contributed by atoms with Crippen LogP contribution in [0.25, 0.3) is 11.8 Å². The predicted octanol–water partition coefficient (Wildman–Crippen LogP) is 11.9. The number of nitrogens with one attached hydrogen (secondary N) is 1. The molecule has 0 spiro atoms. The molecule has 1 aliphatic heterocycles. The highest BCUT2D eigenvalue weighted by molar-refractivity contribution is 5.73. The molecule has 3 rings (SSSR count). The molecular weight excluding hydrogens is 498 g/mol. The summed E-state index contributed by atoms with van der Waals surface area (Å²) in [7, 11) is 0. The van der Waals surface area contributed by atoms with Crippen molar-refractivity contribution < 1.29 is 4.74 Å². The van der Waals surface area contributed by atoms with E-state index in [1.807, 2.05) is 47.6 Å². The van der Waals surface area contributed by atoms with Crippen molar-refractivity contribution >= 4 is 17.5 Å². The Bertz CT molecular complexity index is 1060. The first-order valence-corrected chi connectivity index (χ1v) is 16.1. The Morgan fingerprint density at radius 2 is 1.51 bits per heavy atom. The summed E-state index contributed by atoms with van der Waals surface area (Å²) in [5, 5.41) is 3.52. The van der Waals surface area contributed by atoms with Crippen molar-refractivity contribution in [2.24, 2.45) is 17.8 Å². The summed E-state index contributed by atoms with van der Waals surface area (Å²) in [6.45, 7) is 32.7. The summed E-state index contributed by atoms with van der Waals surface area (Å²) < 4.78 is 6.37. The minimum absolute atomic E-state index is 0.0298. The molecule has 0 aliphatic carbocycles. The summed E-state index contributed by atoms with van der Waals surface area (Å²) in [4.78, 5) is 0. The summed E-state index contributed by atoms with van der Waals surface area (Å²) in [5.74, 6) is 1.98. The molecule has 0 aromatic heterocycles. The van der Waals surface area contributed by atoms with Gasteiger partial charge in [0.1, 0.15) is 11.9 Å². The van der Waals surface area contributed by atoms with Gasteiger partial charge in [0, 0.05) is 23.7 Å². The number of allylic oxidation sites excluding steroid dienone is 3. The van der Waals surface area contributed by atoms with E-state index in [1.165, 1.54) is 28.0 Å². The topological polar surface area (TPSA) is 21.3 Å². The molecule has 0 bridgehead atoms. The van der Waals surface area contributed by atoms with Gasteiger partial charge in [-0.2, -0.15) is 0 Å². The fourth-order valence-electron chi connectivity index (χ4n) is 4.58. The van der Waals surface area contributed by atoms with Crippen LogP contribution in [0.2, 0.25) is 0 Å². The molecule has 0 radical (unpaired) electrons. The number of ether oxygens (including phenoxy) is 1. The van der Waals surface area contributed by atoms with E-state index in [1.54, 1.807) is 0 Å². The van der Waals surface area contributed by atoms with Crippen molar-refractivity contribution in [3.8, 4) is 0 Å². The number of hydrogen-bond donors (Lipinski definition) is 1. The van der Waals surface area contributed by atoms with Gasteiger partial charge in [-0.15, -0.1) is 0 Å². The largest absolute Gasteiger partial charge is 0.490 e. The smallest absolute Gasteiger partial charge is 0.120 e. The number of anilines is 1. The summed E-state index contributed by atoms with van der Waals surface area (Å²) in [6, 6.07) is 15.0. The molecule has 2 aromatic carbocycles. The molecule has 4 unspecified atom stereocenters. The number of para-hydroxylation sites is 1. The molecule has 41 heavy (non-hydrogen) atoms. The van der Waals surface area contributed by atoms with Gasteiger partial charge >= 0.3 is 0 Å². The molecule has 2 heteroatoms. The zero-order chi connectivity index (χ0) is 31.4. The number of fused-ring (bicyclic) bond motifs is 1.